The molecular formula is C13H16O4. The number of rotatable bonds is 5. The number of aliphatic carboxylic acids is 1. The fourth-order valence-electron chi connectivity index (χ4n) is 1.68. The molecule has 92 valence electrons. The molecule has 17 heavy (non-hydrogen) atoms. The molecule has 0 aliphatic heterocycles. The van der Waals surface area contributed by atoms with Gasteiger partial charge in [0.1, 0.15) is 5.75 Å². The summed E-state index contributed by atoms with van der Waals surface area (Å²) in [4.78, 5) is 21.4. The van der Waals surface area contributed by atoms with Crippen molar-refractivity contribution in [1.82, 2.24) is 0 Å². The summed E-state index contributed by atoms with van der Waals surface area (Å²) >= 11 is 0. The third-order valence-corrected chi connectivity index (χ3v) is 2.53. The maximum atomic E-state index is 10.7. The number of carboxylic acids is 1. The number of ether oxygens (including phenoxy) is 1. The number of esters is 1. The maximum absolute atomic E-state index is 10.7. The van der Waals surface area contributed by atoms with Crippen LogP contribution in [0.2, 0.25) is 0 Å². The third kappa shape index (κ3) is 4.26. The Labute approximate surface area is 100 Å². The van der Waals surface area contributed by atoms with Crippen molar-refractivity contribution in [2.75, 3.05) is 0 Å². The minimum absolute atomic E-state index is 0.00104. The van der Waals surface area contributed by atoms with Crippen LogP contribution in [0.25, 0.3) is 0 Å². The van der Waals surface area contributed by atoms with Gasteiger partial charge in [0.05, 0.1) is 6.42 Å². The molecule has 0 unspecified atom stereocenters. The van der Waals surface area contributed by atoms with Crippen LogP contribution in [0.1, 0.15) is 38.2 Å². The lowest BCUT2D eigenvalue weighted by atomic mass is 9.93. The van der Waals surface area contributed by atoms with E-state index in [1.54, 1.807) is 24.3 Å². The molecule has 0 saturated carbocycles. The number of carbonyl (C=O) groups is 2. The average molecular weight is 236 g/mol. The van der Waals surface area contributed by atoms with E-state index in [9.17, 15) is 9.59 Å². The normalized spacial score (nSPS) is 11.9. The molecule has 1 aromatic rings. The van der Waals surface area contributed by atoms with E-state index in [1.807, 2.05) is 6.92 Å². The molecule has 0 aromatic heterocycles. The van der Waals surface area contributed by atoms with E-state index >= 15 is 0 Å². The molecular weight excluding hydrogens is 220 g/mol. The highest BCUT2D eigenvalue weighted by molar-refractivity contribution is 5.69. The van der Waals surface area contributed by atoms with Crippen molar-refractivity contribution in [3.8, 4) is 5.75 Å². The van der Waals surface area contributed by atoms with E-state index in [4.69, 9.17) is 9.84 Å². The summed E-state index contributed by atoms with van der Waals surface area (Å²) < 4.78 is 4.91. The predicted octanol–water partition coefficient (Wildman–Crippen LogP) is 2.58. The highest BCUT2D eigenvalue weighted by atomic mass is 16.5. The minimum atomic E-state index is -0.805. The summed E-state index contributed by atoms with van der Waals surface area (Å²) in [6.07, 6.45) is 0.878. The topological polar surface area (TPSA) is 63.6 Å². The van der Waals surface area contributed by atoms with Gasteiger partial charge in [0.2, 0.25) is 0 Å². The second kappa shape index (κ2) is 6.03. The van der Waals surface area contributed by atoms with E-state index in [0.717, 1.165) is 12.0 Å². The van der Waals surface area contributed by atoms with Crippen LogP contribution in [-0.4, -0.2) is 17.0 Å². The van der Waals surface area contributed by atoms with Gasteiger partial charge in [0.25, 0.3) is 0 Å². The lowest BCUT2D eigenvalue weighted by Gasteiger charge is -2.13. The van der Waals surface area contributed by atoms with Gasteiger partial charge in [-0.3, -0.25) is 9.59 Å². The van der Waals surface area contributed by atoms with Crippen LogP contribution >= 0.6 is 0 Å². The third-order valence-electron chi connectivity index (χ3n) is 2.53. The van der Waals surface area contributed by atoms with Crippen LogP contribution in [0.15, 0.2) is 24.3 Å². The zero-order valence-corrected chi connectivity index (χ0v) is 9.97. The van der Waals surface area contributed by atoms with Crippen molar-refractivity contribution in [3.05, 3.63) is 29.8 Å². The molecule has 0 bridgehead atoms. The number of carbonyl (C=O) groups excluding carboxylic acids is 1. The Morgan fingerprint density at radius 1 is 1.29 bits per heavy atom. The lowest BCUT2D eigenvalue weighted by Crippen LogP contribution is -2.06. The minimum Gasteiger partial charge on any atom is -0.481 e. The zero-order valence-electron chi connectivity index (χ0n) is 9.97. The summed E-state index contributed by atoms with van der Waals surface area (Å²) in [5, 5.41) is 8.78. The molecule has 1 atom stereocenters. The van der Waals surface area contributed by atoms with Crippen molar-refractivity contribution in [1.29, 1.82) is 0 Å². The first-order valence-corrected chi connectivity index (χ1v) is 5.53. The van der Waals surface area contributed by atoms with Crippen molar-refractivity contribution < 1.29 is 19.4 Å². The van der Waals surface area contributed by atoms with Crippen molar-refractivity contribution in [2.24, 2.45) is 0 Å². The summed E-state index contributed by atoms with van der Waals surface area (Å²) in [7, 11) is 0. The first-order chi connectivity index (χ1) is 8.02. The largest absolute Gasteiger partial charge is 0.481 e. The monoisotopic (exact) mass is 236 g/mol. The molecule has 0 spiro atoms. The van der Waals surface area contributed by atoms with Crippen LogP contribution < -0.4 is 4.74 Å². The van der Waals surface area contributed by atoms with E-state index in [1.165, 1.54) is 6.92 Å². The number of carboxylic acid groups (broad SMARTS) is 1. The molecule has 0 fully saturated rings. The molecule has 0 radical (unpaired) electrons. The van der Waals surface area contributed by atoms with Gasteiger partial charge in [-0.25, -0.2) is 0 Å². The van der Waals surface area contributed by atoms with Gasteiger partial charge in [0, 0.05) is 6.92 Å². The molecule has 0 heterocycles. The Hall–Kier alpha value is -1.84. The fraction of sp³-hybridized carbons (Fsp3) is 0.385. The molecule has 4 nitrogen and oxygen atoms in total. The molecule has 0 aliphatic rings. The number of benzene rings is 1. The van der Waals surface area contributed by atoms with Crippen LogP contribution in [-0.2, 0) is 9.59 Å². The Morgan fingerprint density at radius 3 is 2.29 bits per heavy atom. The van der Waals surface area contributed by atoms with E-state index < -0.39 is 5.97 Å². The molecule has 1 aromatic carbocycles. The van der Waals surface area contributed by atoms with Crippen molar-refractivity contribution in [2.45, 2.75) is 32.6 Å². The van der Waals surface area contributed by atoms with Crippen molar-refractivity contribution >= 4 is 11.9 Å². The second-order valence-electron chi connectivity index (χ2n) is 3.87. The zero-order chi connectivity index (χ0) is 12.8. The van der Waals surface area contributed by atoms with Crippen molar-refractivity contribution in [3.63, 3.8) is 0 Å². The molecule has 1 rings (SSSR count). The quantitative estimate of drug-likeness (QED) is 0.630. The maximum Gasteiger partial charge on any atom is 0.308 e. The van der Waals surface area contributed by atoms with E-state index in [0.29, 0.717) is 5.75 Å². The highest BCUT2D eigenvalue weighted by Gasteiger charge is 2.13. The molecule has 0 saturated heterocycles. The summed E-state index contributed by atoms with van der Waals surface area (Å²) in [6, 6.07) is 6.97. The van der Waals surface area contributed by atoms with Crippen LogP contribution in [0, 0.1) is 0 Å². The smallest absolute Gasteiger partial charge is 0.308 e. The van der Waals surface area contributed by atoms with E-state index in [2.05, 4.69) is 0 Å². The fourth-order valence-corrected chi connectivity index (χ4v) is 1.68. The lowest BCUT2D eigenvalue weighted by molar-refractivity contribution is -0.137. The van der Waals surface area contributed by atoms with Gasteiger partial charge < -0.3 is 9.84 Å². The molecule has 0 amide bonds. The van der Waals surface area contributed by atoms with Gasteiger partial charge in [0.15, 0.2) is 0 Å². The first kappa shape index (κ1) is 13.2. The van der Waals surface area contributed by atoms with Gasteiger partial charge in [-0.1, -0.05) is 19.1 Å². The summed E-state index contributed by atoms with van der Waals surface area (Å²) in [5.41, 5.74) is 0.950. The summed E-state index contributed by atoms with van der Waals surface area (Å²) in [5.74, 6) is -0.693. The highest BCUT2D eigenvalue weighted by Crippen LogP contribution is 2.25. The Kier molecular flexibility index (Phi) is 4.69. The first-order valence-electron chi connectivity index (χ1n) is 5.53. The van der Waals surface area contributed by atoms with Gasteiger partial charge >= 0.3 is 11.9 Å². The molecule has 0 aliphatic carbocycles. The summed E-state index contributed by atoms with van der Waals surface area (Å²) in [6.45, 7) is 3.29. The Bertz CT molecular complexity index is 394. The number of hydrogen-bond donors (Lipinski definition) is 1. The van der Waals surface area contributed by atoms with Gasteiger partial charge in [-0.15, -0.1) is 0 Å². The van der Waals surface area contributed by atoms with Crippen LogP contribution in [0.4, 0.5) is 0 Å². The van der Waals surface area contributed by atoms with Gasteiger partial charge in [-0.2, -0.15) is 0 Å². The Morgan fingerprint density at radius 2 is 1.88 bits per heavy atom. The number of hydrogen-bond acceptors (Lipinski definition) is 3. The second-order valence-corrected chi connectivity index (χ2v) is 3.87. The SMILES string of the molecule is CC[C@H](CC(=O)O)c1ccc(OC(C)=O)cc1. The van der Waals surface area contributed by atoms with Crippen LogP contribution in [0.5, 0.6) is 5.75 Å². The standard InChI is InChI=1S/C13H16O4/c1-3-10(8-13(15)16)11-4-6-12(7-5-11)17-9(2)14/h4-7,10H,3,8H2,1-2H3,(H,15,16)/t10-/m1/s1. The average Bonchev–Trinajstić information content (AvgIpc) is 2.26. The molecule has 1 N–H and O–H groups in total. The van der Waals surface area contributed by atoms with Crippen LogP contribution in [0.3, 0.4) is 0 Å². The predicted molar refractivity (Wildman–Crippen MR) is 63.0 cm³/mol. The van der Waals surface area contributed by atoms with Gasteiger partial charge in [-0.05, 0) is 30.0 Å². The Balaban J connectivity index is 2.77. The molecule has 4 heteroatoms. The van der Waals surface area contributed by atoms with E-state index in [-0.39, 0.29) is 18.3 Å².